The number of amides is 2. The summed E-state index contributed by atoms with van der Waals surface area (Å²) < 4.78 is 31.4. The number of nitrogens with one attached hydrogen (secondary N) is 2. The summed E-state index contributed by atoms with van der Waals surface area (Å²) in [6.45, 7) is 3.42. The van der Waals surface area contributed by atoms with Gasteiger partial charge in [-0.05, 0) is 75.8 Å². The van der Waals surface area contributed by atoms with Crippen LogP contribution in [-0.4, -0.2) is 38.1 Å². The van der Waals surface area contributed by atoms with Gasteiger partial charge in [-0.15, -0.1) is 0 Å². The molecule has 1 aromatic rings. The molecule has 4 fully saturated rings. The summed E-state index contributed by atoms with van der Waals surface area (Å²) in [4.78, 5) is 26.0. The lowest BCUT2D eigenvalue weighted by Gasteiger charge is -2.59. The molecule has 4 bridgehead atoms. The minimum atomic E-state index is -3.60. The molecule has 0 spiro atoms. The first-order valence-electron chi connectivity index (χ1n) is 10.7. The van der Waals surface area contributed by atoms with Crippen molar-refractivity contribution in [3.05, 3.63) is 29.3 Å². The van der Waals surface area contributed by atoms with E-state index in [1.807, 2.05) is 0 Å². The molecule has 31 heavy (non-hydrogen) atoms. The Morgan fingerprint density at radius 3 is 2.32 bits per heavy atom. The summed E-state index contributed by atoms with van der Waals surface area (Å²) in [5, 5.41) is 3.63. The maximum atomic E-state index is 13.1. The number of sulfonamides is 1. The Labute approximate surface area is 188 Å². The van der Waals surface area contributed by atoms with Crippen LogP contribution in [0.2, 0.25) is 5.02 Å². The smallest absolute Gasteiger partial charge is 0.263 e. The van der Waals surface area contributed by atoms with Crippen LogP contribution in [0.1, 0.15) is 46.0 Å². The van der Waals surface area contributed by atoms with Crippen molar-refractivity contribution < 1.29 is 22.7 Å². The number of ether oxygens (including phenoxy) is 1. The Bertz CT molecular complexity index is 993. The number of carbonyl (C=O) groups is 2. The van der Waals surface area contributed by atoms with E-state index in [0.717, 1.165) is 25.5 Å². The third-order valence-electron chi connectivity index (χ3n) is 7.08. The van der Waals surface area contributed by atoms with Crippen molar-refractivity contribution in [2.45, 2.75) is 57.6 Å². The molecular formula is C22H29ClN2O5S. The molecule has 2 unspecified atom stereocenters. The van der Waals surface area contributed by atoms with Crippen molar-refractivity contribution in [1.29, 1.82) is 0 Å². The fraction of sp³-hybridized carbons (Fsp3) is 0.636. The third kappa shape index (κ3) is 4.42. The monoisotopic (exact) mass is 468 g/mol. The summed E-state index contributed by atoms with van der Waals surface area (Å²) in [6.07, 6.45) is 4.82. The van der Waals surface area contributed by atoms with E-state index in [1.165, 1.54) is 0 Å². The summed E-state index contributed by atoms with van der Waals surface area (Å²) >= 11 is 6.18. The van der Waals surface area contributed by atoms with Gasteiger partial charge >= 0.3 is 0 Å². The van der Waals surface area contributed by atoms with E-state index in [-0.39, 0.29) is 29.7 Å². The Kier molecular flexibility index (Phi) is 5.53. The topological polar surface area (TPSA) is 102 Å². The van der Waals surface area contributed by atoms with Crippen LogP contribution in [0.25, 0.3) is 0 Å². The molecule has 2 atom stereocenters. The van der Waals surface area contributed by atoms with Crippen molar-refractivity contribution in [2.75, 3.05) is 6.26 Å². The Hall–Kier alpha value is -1.80. The van der Waals surface area contributed by atoms with Crippen molar-refractivity contribution >= 4 is 33.4 Å². The van der Waals surface area contributed by atoms with E-state index in [9.17, 15) is 18.0 Å². The van der Waals surface area contributed by atoms with Gasteiger partial charge in [0.25, 0.3) is 5.91 Å². The number of hydrogen-bond donors (Lipinski definition) is 2. The second kappa shape index (κ2) is 7.66. The van der Waals surface area contributed by atoms with Gasteiger partial charge in [-0.1, -0.05) is 23.7 Å². The highest BCUT2D eigenvalue weighted by atomic mass is 35.5. The van der Waals surface area contributed by atoms with E-state index in [0.29, 0.717) is 29.5 Å². The molecule has 2 amide bonds. The highest BCUT2D eigenvalue weighted by Gasteiger charge is 2.59. The van der Waals surface area contributed by atoms with Gasteiger partial charge in [0, 0.05) is 6.04 Å². The van der Waals surface area contributed by atoms with Crippen LogP contribution in [0.3, 0.4) is 0 Å². The molecule has 9 heteroatoms. The Morgan fingerprint density at radius 2 is 1.74 bits per heavy atom. The van der Waals surface area contributed by atoms with Crippen LogP contribution in [0.5, 0.6) is 5.75 Å². The number of carbonyl (C=O) groups excluding carboxylic acids is 2. The van der Waals surface area contributed by atoms with Gasteiger partial charge in [0.1, 0.15) is 5.75 Å². The van der Waals surface area contributed by atoms with E-state index >= 15 is 0 Å². The zero-order valence-corrected chi connectivity index (χ0v) is 19.6. The number of para-hydroxylation sites is 1. The molecule has 1 aromatic carbocycles. The van der Waals surface area contributed by atoms with Gasteiger partial charge in [0.15, 0.2) is 5.60 Å². The quantitative estimate of drug-likeness (QED) is 0.668. The first-order valence-corrected chi connectivity index (χ1v) is 12.9. The fourth-order valence-electron chi connectivity index (χ4n) is 5.99. The molecule has 4 saturated carbocycles. The number of benzene rings is 1. The van der Waals surface area contributed by atoms with Crippen LogP contribution in [0, 0.1) is 23.2 Å². The molecule has 0 aliphatic heterocycles. The van der Waals surface area contributed by atoms with Crippen LogP contribution in [-0.2, 0) is 19.6 Å². The molecule has 2 N–H and O–H groups in total. The molecule has 0 heterocycles. The molecule has 0 saturated heterocycles. The van der Waals surface area contributed by atoms with E-state index in [1.54, 1.807) is 38.1 Å². The molecular weight excluding hydrogens is 440 g/mol. The summed E-state index contributed by atoms with van der Waals surface area (Å²) in [6, 6.07) is 6.99. The lowest BCUT2D eigenvalue weighted by Crippen LogP contribution is -2.64. The number of halogens is 1. The molecule has 5 rings (SSSR count). The maximum absolute atomic E-state index is 13.1. The zero-order chi connectivity index (χ0) is 22.6. The van der Waals surface area contributed by atoms with Gasteiger partial charge in [-0.2, -0.15) is 0 Å². The average molecular weight is 469 g/mol. The minimum Gasteiger partial charge on any atom is -0.476 e. The van der Waals surface area contributed by atoms with Gasteiger partial charge in [0.2, 0.25) is 15.9 Å². The molecule has 4 aliphatic carbocycles. The molecule has 4 aliphatic rings. The third-order valence-corrected chi connectivity index (χ3v) is 7.95. The average Bonchev–Trinajstić information content (AvgIpc) is 2.64. The van der Waals surface area contributed by atoms with Gasteiger partial charge in [-0.25, -0.2) is 8.42 Å². The zero-order valence-electron chi connectivity index (χ0n) is 18.0. The Morgan fingerprint density at radius 1 is 1.13 bits per heavy atom. The van der Waals surface area contributed by atoms with E-state index in [2.05, 4.69) is 10.0 Å². The molecule has 170 valence electrons. The number of rotatable bonds is 6. The summed E-state index contributed by atoms with van der Waals surface area (Å²) in [5.74, 6) is 0.531. The lowest BCUT2D eigenvalue weighted by molar-refractivity contribution is -0.151. The lowest BCUT2D eigenvalue weighted by atomic mass is 9.47. The summed E-state index contributed by atoms with van der Waals surface area (Å²) in [7, 11) is -3.60. The molecule has 7 nitrogen and oxygen atoms in total. The van der Waals surface area contributed by atoms with Crippen molar-refractivity contribution in [3.63, 3.8) is 0 Å². The van der Waals surface area contributed by atoms with Gasteiger partial charge < -0.3 is 10.1 Å². The highest BCUT2D eigenvalue weighted by Crippen LogP contribution is 2.60. The van der Waals surface area contributed by atoms with Crippen molar-refractivity contribution in [2.24, 2.45) is 23.2 Å². The predicted molar refractivity (Wildman–Crippen MR) is 117 cm³/mol. The number of hydrogen-bond acceptors (Lipinski definition) is 5. The van der Waals surface area contributed by atoms with Gasteiger partial charge in [-0.3, -0.25) is 14.3 Å². The molecule has 0 radical (unpaired) electrons. The highest BCUT2D eigenvalue weighted by molar-refractivity contribution is 7.89. The normalized spacial score (nSPS) is 31.9. The van der Waals surface area contributed by atoms with Crippen molar-refractivity contribution in [1.82, 2.24) is 10.0 Å². The second-order valence-electron chi connectivity index (χ2n) is 10.00. The van der Waals surface area contributed by atoms with Crippen LogP contribution >= 0.6 is 11.6 Å². The van der Waals surface area contributed by atoms with E-state index in [4.69, 9.17) is 16.3 Å². The molecule has 0 aromatic heterocycles. The largest absolute Gasteiger partial charge is 0.476 e. The standard InChI is InChI=1S/C22H29ClN2O5S/c1-21(2,30-17-7-5-4-6-16(17)23)19(26)24-18-14-8-13-9-15(18)12-22(10-13,11-14)20(27)25-31(3,28)29/h4-7,13-15,18H,8-12H2,1-3H3,(H,24,26)(H,25,27). The first-order chi connectivity index (χ1) is 14.4. The van der Waals surface area contributed by atoms with E-state index < -0.39 is 21.0 Å². The first kappa shape index (κ1) is 22.4. The van der Waals surface area contributed by atoms with Crippen LogP contribution in [0.4, 0.5) is 0 Å². The fourth-order valence-corrected chi connectivity index (χ4v) is 6.72. The van der Waals surface area contributed by atoms with Gasteiger partial charge in [0.05, 0.1) is 16.7 Å². The maximum Gasteiger partial charge on any atom is 0.263 e. The minimum absolute atomic E-state index is 0.0441. The SMILES string of the molecule is CC(C)(Oc1ccccc1Cl)C(=O)NC1C2CC3CC1CC(C(=O)NS(C)(=O)=O)(C3)C2. The predicted octanol–water partition coefficient (Wildman–Crippen LogP) is 2.88. The van der Waals surface area contributed by atoms with Crippen molar-refractivity contribution in [3.8, 4) is 5.75 Å². The van der Waals surface area contributed by atoms with Crippen LogP contribution < -0.4 is 14.8 Å². The van der Waals surface area contributed by atoms with Crippen LogP contribution in [0.15, 0.2) is 24.3 Å². The Balaban J connectivity index is 1.47. The summed E-state index contributed by atoms with van der Waals surface area (Å²) in [5.41, 5.74) is -1.77. The second-order valence-corrected chi connectivity index (χ2v) is 12.2.